The van der Waals surface area contributed by atoms with E-state index in [1.165, 1.54) is 11.3 Å². The van der Waals surface area contributed by atoms with Gasteiger partial charge in [0, 0.05) is 41.1 Å². The number of hydroxylamine groups is 2. The Morgan fingerprint density at radius 3 is 2.66 bits per heavy atom. The second kappa shape index (κ2) is 10.6. The highest BCUT2D eigenvalue weighted by atomic mass is 16.7. The number of aromatic nitrogens is 2. The van der Waals surface area contributed by atoms with Gasteiger partial charge in [-0.1, -0.05) is 48.5 Å². The van der Waals surface area contributed by atoms with Crippen molar-refractivity contribution < 1.29 is 9.63 Å². The van der Waals surface area contributed by atoms with Crippen LogP contribution in [0.4, 0.5) is 0 Å². The zero-order valence-corrected chi connectivity index (χ0v) is 21.5. The molecule has 1 aliphatic heterocycles. The molecule has 38 heavy (non-hydrogen) atoms. The van der Waals surface area contributed by atoms with E-state index in [2.05, 4.69) is 21.4 Å². The maximum atomic E-state index is 13.6. The molecule has 2 aromatic heterocycles. The van der Waals surface area contributed by atoms with Gasteiger partial charge in [0.15, 0.2) is 0 Å². The van der Waals surface area contributed by atoms with Crippen LogP contribution in [0.2, 0.25) is 0 Å². The standard InChI is InChI=1S/C31H27N5O2/c1-20(2)35-29-14-7-8-15-36(29)38-31(37)27-19-33-21(3)26(17-32)30(27)24-12-9-13-28-25(24)16-23(18-34-28)22-10-5-4-6-11-22/h4-6,8-16,18-20,35H,7H2,1-3H3. The molecule has 0 radical (unpaired) electrons. The van der Waals surface area contributed by atoms with Gasteiger partial charge in [-0.2, -0.15) is 10.3 Å². The monoisotopic (exact) mass is 501 g/mol. The molecule has 4 aromatic rings. The Hall–Kier alpha value is -4.96. The van der Waals surface area contributed by atoms with Gasteiger partial charge in [0.05, 0.1) is 22.3 Å². The minimum Gasteiger partial charge on any atom is -0.367 e. The van der Waals surface area contributed by atoms with Gasteiger partial charge in [-0.25, -0.2) is 4.79 Å². The van der Waals surface area contributed by atoms with Crippen molar-refractivity contribution in [3.05, 3.63) is 108 Å². The zero-order valence-electron chi connectivity index (χ0n) is 21.5. The van der Waals surface area contributed by atoms with Crippen LogP contribution in [0, 0.1) is 18.3 Å². The van der Waals surface area contributed by atoms with Crippen LogP contribution in [0.5, 0.6) is 0 Å². The number of hydrogen-bond acceptors (Lipinski definition) is 7. The first-order valence-electron chi connectivity index (χ1n) is 12.5. The summed E-state index contributed by atoms with van der Waals surface area (Å²) in [5.74, 6) is 0.0658. The molecule has 0 fully saturated rings. The third-order valence-corrected chi connectivity index (χ3v) is 6.25. The van der Waals surface area contributed by atoms with E-state index in [0.29, 0.717) is 28.2 Å². The minimum absolute atomic E-state index is 0.151. The molecule has 0 aliphatic carbocycles. The van der Waals surface area contributed by atoms with Gasteiger partial charge in [0.1, 0.15) is 11.9 Å². The van der Waals surface area contributed by atoms with Crippen molar-refractivity contribution in [2.45, 2.75) is 33.2 Å². The van der Waals surface area contributed by atoms with Gasteiger partial charge in [0.25, 0.3) is 0 Å². The van der Waals surface area contributed by atoms with Crippen molar-refractivity contribution in [3.8, 4) is 28.3 Å². The highest BCUT2D eigenvalue weighted by molar-refractivity contribution is 6.05. The second-order valence-corrected chi connectivity index (χ2v) is 9.29. The molecule has 0 spiro atoms. The van der Waals surface area contributed by atoms with E-state index in [9.17, 15) is 10.1 Å². The maximum Gasteiger partial charge on any atom is 0.365 e. The number of fused-ring (bicyclic) bond motifs is 1. The summed E-state index contributed by atoms with van der Waals surface area (Å²) in [6.45, 7) is 5.79. The van der Waals surface area contributed by atoms with Crippen LogP contribution < -0.4 is 5.32 Å². The summed E-state index contributed by atoms with van der Waals surface area (Å²) in [6.07, 6.45) is 9.60. The summed E-state index contributed by atoms with van der Waals surface area (Å²) < 4.78 is 0. The summed E-state index contributed by atoms with van der Waals surface area (Å²) in [7, 11) is 0. The van der Waals surface area contributed by atoms with Gasteiger partial charge in [0.2, 0.25) is 0 Å². The fraction of sp³-hybridized carbons (Fsp3) is 0.161. The highest BCUT2D eigenvalue weighted by Crippen LogP contribution is 2.36. The predicted molar refractivity (Wildman–Crippen MR) is 147 cm³/mol. The SMILES string of the molecule is Cc1ncc(C(=O)ON2C=CCC=C2NC(C)C)c(-c2cccc3ncc(-c4ccccc4)cc23)c1C#N. The van der Waals surface area contributed by atoms with Crippen LogP contribution in [0.25, 0.3) is 33.2 Å². The molecule has 7 nitrogen and oxygen atoms in total. The molecular weight excluding hydrogens is 474 g/mol. The first-order valence-corrected chi connectivity index (χ1v) is 12.5. The molecule has 7 heteroatoms. The molecule has 3 heterocycles. The van der Waals surface area contributed by atoms with Crippen LogP contribution in [0.3, 0.4) is 0 Å². The van der Waals surface area contributed by atoms with E-state index in [0.717, 1.165) is 28.5 Å². The molecule has 1 N–H and O–H groups in total. The second-order valence-electron chi connectivity index (χ2n) is 9.29. The third kappa shape index (κ3) is 4.84. The highest BCUT2D eigenvalue weighted by Gasteiger charge is 2.25. The molecular formula is C31H27N5O2. The molecule has 0 amide bonds. The number of aryl methyl sites for hydroxylation is 1. The van der Waals surface area contributed by atoms with E-state index < -0.39 is 5.97 Å². The van der Waals surface area contributed by atoms with Crippen molar-refractivity contribution in [1.82, 2.24) is 20.3 Å². The smallest absolute Gasteiger partial charge is 0.365 e. The summed E-state index contributed by atoms with van der Waals surface area (Å²) in [6, 6.07) is 20.1. The fourth-order valence-electron chi connectivity index (χ4n) is 4.48. The summed E-state index contributed by atoms with van der Waals surface area (Å²) in [5.41, 5.74) is 4.96. The van der Waals surface area contributed by atoms with Gasteiger partial charge in [-0.05, 0) is 56.5 Å². The summed E-state index contributed by atoms with van der Waals surface area (Å²) in [5, 5.41) is 15.7. The third-order valence-electron chi connectivity index (χ3n) is 6.25. The largest absolute Gasteiger partial charge is 0.367 e. The fourth-order valence-corrected chi connectivity index (χ4v) is 4.48. The number of nitrogens with one attached hydrogen (secondary N) is 1. The Morgan fingerprint density at radius 2 is 1.89 bits per heavy atom. The van der Waals surface area contributed by atoms with Crippen molar-refractivity contribution in [2.24, 2.45) is 0 Å². The summed E-state index contributed by atoms with van der Waals surface area (Å²) in [4.78, 5) is 28.5. The number of rotatable bonds is 6. The van der Waals surface area contributed by atoms with E-state index in [1.807, 2.05) is 86.8 Å². The number of pyridine rings is 2. The average Bonchev–Trinajstić information content (AvgIpc) is 2.93. The van der Waals surface area contributed by atoms with Gasteiger partial charge in [-0.15, -0.1) is 0 Å². The Bertz CT molecular complexity index is 1620. The summed E-state index contributed by atoms with van der Waals surface area (Å²) >= 11 is 0. The molecule has 0 atom stereocenters. The van der Waals surface area contributed by atoms with Crippen molar-refractivity contribution in [1.29, 1.82) is 5.26 Å². The molecule has 188 valence electrons. The number of nitriles is 1. The van der Waals surface area contributed by atoms with Gasteiger partial charge < -0.3 is 10.2 Å². The van der Waals surface area contributed by atoms with Crippen LogP contribution in [0.15, 0.2) is 91.2 Å². The number of nitrogens with zero attached hydrogens (tertiary/aromatic N) is 4. The first kappa shape index (κ1) is 24.7. The van der Waals surface area contributed by atoms with Crippen LogP contribution in [-0.4, -0.2) is 27.0 Å². The van der Waals surface area contributed by atoms with Crippen molar-refractivity contribution in [3.63, 3.8) is 0 Å². The predicted octanol–water partition coefficient (Wildman–Crippen LogP) is 6.27. The van der Waals surface area contributed by atoms with Gasteiger partial charge in [-0.3, -0.25) is 9.97 Å². The molecule has 0 saturated heterocycles. The van der Waals surface area contributed by atoms with E-state index in [4.69, 9.17) is 4.84 Å². The lowest BCUT2D eigenvalue weighted by Gasteiger charge is -2.27. The molecule has 2 aromatic carbocycles. The van der Waals surface area contributed by atoms with E-state index in [-0.39, 0.29) is 11.6 Å². The number of allylic oxidation sites excluding steroid dienone is 2. The minimum atomic E-state index is -0.615. The van der Waals surface area contributed by atoms with Gasteiger partial charge >= 0.3 is 5.97 Å². The Labute approximate surface area is 221 Å². The maximum absolute atomic E-state index is 13.6. The Balaban J connectivity index is 1.64. The number of carbonyl (C=O) groups is 1. The molecule has 0 saturated carbocycles. The average molecular weight is 502 g/mol. The number of benzene rings is 2. The lowest BCUT2D eigenvalue weighted by Crippen LogP contribution is -2.35. The van der Waals surface area contributed by atoms with Crippen molar-refractivity contribution in [2.75, 3.05) is 0 Å². The Morgan fingerprint density at radius 1 is 1.08 bits per heavy atom. The Kier molecular flexibility index (Phi) is 6.88. The topological polar surface area (TPSA) is 91.1 Å². The normalized spacial score (nSPS) is 12.8. The molecule has 0 bridgehead atoms. The van der Waals surface area contributed by atoms with Crippen molar-refractivity contribution >= 4 is 16.9 Å². The first-order chi connectivity index (χ1) is 18.5. The lowest BCUT2D eigenvalue weighted by atomic mass is 9.91. The molecule has 0 unspecified atom stereocenters. The number of carbonyl (C=O) groups excluding carboxylic acids is 1. The van der Waals surface area contributed by atoms with Crippen LogP contribution in [-0.2, 0) is 4.84 Å². The van der Waals surface area contributed by atoms with E-state index >= 15 is 0 Å². The number of hydrogen-bond donors (Lipinski definition) is 1. The van der Waals surface area contributed by atoms with Crippen LogP contribution >= 0.6 is 0 Å². The molecule has 1 aliphatic rings. The quantitative estimate of drug-likeness (QED) is 0.333. The zero-order chi connectivity index (χ0) is 26.6. The lowest BCUT2D eigenvalue weighted by molar-refractivity contribution is -0.0559. The molecule has 5 rings (SSSR count). The van der Waals surface area contributed by atoms with Crippen LogP contribution in [0.1, 0.15) is 41.9 Å². The van der Waals surface area contributed by atoms with E-state index in [1.54, 1.807) is 13.1 Å².